The van der Waals surface area contributed by atoms with Crippen LogP contribution in [0.25, 0.3) is 0 Å². The molecular weight excluding hydrogens is 366 g/mol. The van der Waals surface area contributed by atoms with E-state index >= 15 is 0 Å². The molecule has 1 rings (SSSR count). The zero-order chi connectivity index (χ0) is 21.1. The van der Waals surface area contributed by atoms with Crippen molar-refractivity contribution in [1.82, 2.24) is 5.32 Å². The molecule has 1 unspecified atom stereocenters. The number of ether oxygens (including phenoxy) is 3. The summed E-state index contributed by atoms with van der Waals surface area (Å²) >= 11 is 0. The van der Waals surface area contributed by atoms with Crippen LogP contribution >= 0.6 is 0 Å². The lowest BCUT2D eigenvalue weighted by atomic mass is 9.91. The molecule has 8 nitrogen and oxygen atoms in total. The Morgan fingerprint density at radius 1 is 0.893 bits per heavy atom. The molecule has 0 spiro atoms. The Kier molecular flexibility index (Phi) is 9.70. The zero-order valence-electron chi connectivity index (χ0n) is 16.6. The molecule has 0 aliphatic rings. The SMILES string of the molecule is CCOC(=O)C(C(=O)OCC)C(CNC(=O)c1ccccc1)C(=O)OC(C)C. The van der Waals surface area contributed by atoms with E-state index in [9.17, 15) is 19.2 Å². The average Bonchev–Trinajstić information content (AvgIpc) is 2.65. The number of nitrogens with one attached hydrogen (secondary N) is 1. The van der Waals surface area contributed by atoms with Crippen LogP contribution in [0.5, 0.6) is 0 Å². The van der Waals surface area contributed by atoms with E-state index < -0.39 is 41.8 Å². The Hall–Kier alpha value is -2.90. The second-order valence-corrected chi connectivity index (χ2v) is 6.15. The standard InChI is InChI=1S/C20H27NO7/c1-5-26-19(24)16(20(25)27-6-2)15(18(23)28-13(3)4)12-21-17(22)14-10-8-7-9-11-14/h7-11,13,15-16H,5-6,12H2,1-4H3,(H,21,22). The van der Waals surface area contributed by atoms with Crippen molar-refractivity contribution in [2.75, 3.05) is 19.8 Å². The molecule has 0 saturated heterocycles. The van der Waals surface area contributed by atoms with E-state index in [1.165, 1.54) is 0 Å². The molecule has 1 N–H and O–H groups in total. The quantitative estimate of drug-likeness (QED) is 0.366. The van der Waals surface area contributed by atoms with Crippen LogP contribution in [-0.2, 0) is 28.6 Å². The molecule has 8 heteroatoms. The van der Waals surface area contributed by atoms with E-state index in [1.807, 2.05) is 0 Å². The molecule has 0 fully saturated rings. The molecule has 0 heterocycles. The maximum atomic E-state index is 12.6. The van der Waals surface area contributed by atoms with Gasteiger partial charge in [0.05, 0.1) is 25.2 Å². The van der Waals surface area contributed by atoms with E-state index in [0.717, 1.165) is 0 Å². The van der Waals surface area contributed by atoms with Gasteiger partial charge in [0, 0.05) is 12.1 Å². The van der Waals surface area contributed by atoms with Crippen LogP contribution in [-0.4, -0.2) is 49.7 Å². The number of rotatable bonds is 10. The second kappa shape index (κ2) is 11.7. The Balaban J connectivity index is 3.08. The zero-order valence-corrected chi connectivity index (χ0v) is 16.6. The van der Waals surface area contributed by atoms with Crippen molar-refractivity contribution in [2.45, 2.75) is 33.8 Å². The van der Waals surface area contributed by atoms with Crippen molar-refractivity contribution in [3.63, 3.8) is 0 Å². The average molecular weight is 393 g/mol. The fourth-order valence-corrected chi connectivity index (χ4v) is 2.44. The third kappa shape index (κ3) is 7.02. The van der Waals surface area contributed by atoms with E-state index in [0.29, 0.717) is 5.56 Å². The summed E-state index contributed by atoms with van der Waals surface area (Å²) in [5.41, 5.74) is 0.377. The Labute approximate surface area is 164 Å². The highest BCUT2D eigenvalue weighted by Gasteiger charge is 2.43. The summed E-state index contributed by atoms with van der Waals surface area (Å²) in [6.45, 7) is 6.20. The summed E-state index contributed by atoms with van der Waals surface area (Å²) < 4.78 is 15.1. The van der Waals surface area contributed by atoms with Gasteiger partial charge in [-0.2, -0.15) is 0 Å². The molecule has 0 aliphatic heterocycles. The van der Waals surface area contributed by atoms with Gasteiger partial charge in [0.15, 0.2) is 5.92 Å². The minimum atomic E-state index is -1.54. The van der Waals surface area contributed by atoms with Crippen molar-refractivity contribution < 1.29 is 33.4 Å². The van der Waals surface area contributed by atoms with Gasteiger partial charge in [-0.05, 0) is 39.8 Å². The van der Waals surface area contributed by atoms with Crippen molar-refractivity contribution in [2.24, 2.45) is 11.8 Å². The van der Waals surface area contributed by atoms with Crippen LogP contribution in [0.4, 0.5) is 0 Å². The van der Waals surface area contributed by atoms with Gasteiger partial charge in [0.25, 0.3) is 5.91 Å². The van der Waals surface area contributed by atoms with Gasteiger partial charge in [0.2, 0.25) is 0 Å². The number of hydrogen-bond acceptors (Lipinski definition) is 7. The highest BCUT2D eigenvalue weighted by atomic mass is 16.6. The molecular formula is C20H27NO7. The van der Waals surface area contributed by atoms with Crippen LogP contribution in [0.1, 0.15) is 38.1 Å². The van der Waals surface area contributed by atoms with Crippen molar-refractivity contribution in [3.8, 4) is 0 Å². The van der Waals surface area contributed by atoms with Gasteiger partial charge >= 0.3 is 17.9 Å². The van der Waals surface area contributed by atoms with E-state index in [2.05, 4.69) is 5.32 Å². The first-order valence-electron chi connectivity index (χ1n) is 9.18. The van der Waals surface area contributed by atoms with Gasteiger partial charge < -0.3 is 19.5 Å². The fourth-order valence-electron chi connectivity index (χ4n) is 2.44. The lowest BCUT2D eigenvalue weighted by Gasteiger charge is -2.24. The van der Waals surface area contributed by atoms with Crippen LogP contribution in [0.2, 0.25) is 0 Å². The number of benzene rings is 1. The summed E-state index contributed by atoms with van der Waals surface area (Å²) in [5, 5.41) is 2.57. The molecule has 1 amide bonds. The summed E-state index contributed by atoms with van der Waals surface area (Å²) in [4.78, 5) is 49.6. The molecule has 0 radical (unpaired) electrons. The lowest BCUT2D eigenvalue weighted by Crippen LogP contribution is -2.45. The van der Waals surface area contributed by atoms with Crippen LogP contribution < -0.4 is 5.32 Å². The minimum absolute atomic E-state index is 0.0249. The number of hydrogen-bond donors (Lipinski definition) is 1. The van der Waals surface area contributed by atoms with Crippen LogP contribution in [0.15, 0.2) is 30.3 Å². The first-order chi connectivity index (χ1) is 13.3. The first-order valence-corrected chi connectivity index (χ1v) is 9.18. The first kappa shape index (κ1) is 23.1. The monoisotopic (exact) mass is 393 g/mol. The Morgan fingerprint density at radius 2 is 1.43 bits per heavy atom. The van der Waals surface area contributed by atoms with E-state index in [4.69, 9.17) is 14.2 Å². The molecule has 28 heavy (non-hydrogen) atoms. The maximum Gasteiger partial charge on any atom is 0.321 e. The minimum Gasteiger partial charge on any atom is -0.465 e. The van der Waals surface area contributed by atoms with Gasteiger partial charge in [-0.3, -0.25) is 19.2 Å². The molecule has 0 aromatic heterocycles. The van der Waals surface area contributed by atoms with Gasteiger partial charge in [-0.25, -0.2) is 0 Å². The Bertz CT molecular complexity index is 654. The van der Waals surface area contributed by atoms with Crippen molar-refractivity contribution in [3.05, 3.63) is 35.9 Å². The lowest BCUT2D eigenvalue weighted by molar-refractivity contribution is -0.172. The summed E-state index contributed by atoms with van der Waals surface area (Å²) in [7, 11) is 0. The fraction of sp³-hybridized carbons (Fsp3) is 0.500. The normalized spacial score (nSPS) is 11.6. The van der Waals surface area contributed by atoms with Crippen LogP contribution in [0, 0.1) is 11.8 Å². The maximum absolute atomic E-state index is 12.6. The molecule has 154 valence electrons. The summed E-state index contributed by atoms with van der Waals surface area (Å²) in [6.07, 6.45) is -0.468. The highest BCUT2D eigenvalue weighted by Crippen LogP contribution is 2.19. The summed E-state index contributed by atoms with van der Waals surface area (Å²) in [5.74, 6) is -5.87. The van der Waals surface area contributed by atoms with Crippen molar-refractivity contribution >= 4 is 23.8 Å². The largest absolute Gasteiger partial charge is 0.465 e. The number of amides is 1. The third-order valence-electron chi connectivity index (χ3n) is 3.66. The van der Waals surface area contributed by atoms with E-state index in [-0.39, 0.29) is 19.8 Å². The predicted molar refractivity (Wildman–Crippen MR) is 100 cm³/mol. The van der Waals surface area contributed by atoms with Crippen molar-refractivity contribution in [1.29, 1.82) is 0 Å². The molecule has 0 saturated carbocycles. The van der Waals surface area contributed by atoms with Gasteiger partial charge in [0.1, 0.15) is 0 Å². The summed E-state index contributed by atoms with van der Waals surface area (Å²) in [6, 6.07) is 8.35. The third-order valence-corrected chi connectivity index (χ3v) is 3.66. The molecule has 1 atom stereocenters. The predicted octanol–water partition coefficient (Wildman–Crippen LogP) is 1.73. The van der Waals surface area contributed by atoms with Crippen LogP contribution in [0.3, 0.4) is 0 Å². The topological polar surface area (TPSA) is 108 Å². The van der Waals surface area contributed by atoms with Gasteiger partial charge in [-0.15, -0.1) is 0 Å². The number of carbonyl (C=O) groups excluding carboxylic acids is 4. The van der Waals surface area contributed by atoms with E-state index in [1.54, 1.807) is 58.0 Å². The molecule has 0 aliphatic carbocycles. The molecule has 1 aromatic rings. The molecule has 1 aromatic carbocycles. The highest BCUT2D eigenvalue weighted by molar-refractivity contribution is 6.00. The smallest absolute Gasteiger partial charge is 0.321 e. The van der Waals surface area contributed by atoms with Gasteiger partial charge in [-0.1, -0.05) is 18.2 Å². The number of carbonyl (C=O) groups is 4. The second-order valence-electron chi connectivity index (χ2n) is 6.15. The Morgan fingerprint density at radius 3 is 1.89 bits per heavy atom. The molecule has 0 bridgehead atoms. The number of esters is 3.